The molecule has 1 fully saturated rings. The Morgan fingerprint density at radius 3 is 2.65 bits per heavy atom. The maximum Gasteiger partial charge on any atom is 0.252 e. The third-order valence-corrected chi connectivity index (χ3v) is 6.18. The van der Waals surface area contributed by atoms with Gasteiger partial charge in [0.05, 0.1) is 19.9 Å². The number of amides is 1. The van der Waals surface area contributed by atoms with Crippen LogP contribution in [0.15, 0.2) is 54.7 Å². The van der Waals surface area contributed by atoms with Gasteiger partial charge < -0.3 is 35.1 Å². The second-order valence-corrected chi connectivity index (χ2v) is 8.50. The number of halogens is 1. The summed E-state index contributed by atoms with van der Waals surface area (Å²) >= 11 is 0. The van der Waals surface area contributed by atoms with E-state index in [-0.39, 0.29) is 6.54 Å². The van der Waals surface area contributed by atoms with Crippen molar-refractivity contribution in [3.8, 4) is 17.0 Å². The number of hydrogen-bond acceptors (Lipinski definition) is 9. The molecule has 5 atom stereocenters. The van der Waals surface area contributed by atoms with Crippen molar-refractivity contribution < 1.29 is 33.6 Å². The van der Waals surface area contributed by atoms with Crippen LogP contribution in [0.5, 0.6) is 5.75 Å². The summed E-state index contributed by atoms with van der Waals surface area (Å²) in [6.45, 7) is 0.200. The van der Waals surface area contributed by atoms with Gasteiger partial charge in [-0.3, -0.25) is 4.79 Å². The Labute approximate surface area is 213 Å². The van der Waals surface area contributed by atoms with E-state index in [2.05, 4.69) is 20.9 Å². The number of aromatic nitrogens is 3. The molecule has 0 unspecified atom stereocenters. The van der Waals surface area contributed by atoms with Gasteiger partial charge in [-0.05, 0) is 36.4 Å². The molecule has 12 heteroatoms. The predicted molar refractivity (Wildman–Crippen MR) is 131 cm³/mol. The van der Waals surface area contributed by atoms with E-state index in [0.29, 0.717) is 17.8 Å². The first-order valence-electron chi connectivity index (χ1n) is 11.8. The van der Waals surface area contributed by atoms with Crippen LogP contribution in [-0.4, -0.2) is 89.4 Å². The molecule has 11 nitrogen and oxygen atoms in total. The third-order valence-electron chi connectivity index (χ3n) is 6.18. The zero-order valence-corrected chi connectivity index (χ0v) is 20.5. The molecule has 2 heterocycles. The molecular formula is C25H30FN5O6. The van der Waals surface area contributed by atoms with Crippen molar-refractivity contribution in [1.82, 2.24) is 20.3 Å². The quantitative estimate of drug-likeness (QED) is 0.291. The highest BCUT2D eigenvalue weighted by molar-refractivity contribution is 5.81. The fourth-order valence-corrected chi connectivity index (χ4v) is 4.28. The van der Waals surface area contributed by atoms with Gasteiger partial charge in [0, 0.05) is 31.5 Å². The van der Waals surface area contributed by atoms with Gasteiger partial charge in [-0.2, -0.15) is 0 Å². The number of anilines is 1. The Bertz CT molecular complexity index is 1180. The Morgan fingerprint density at radius 1 is 1.19 bits per heavy atom. The number of methoxy groups -OCH3 is 2. The Balaban J connectivity index is 1.45. The average molecular weight is 516 g/mol. The van der Waals surface area contributed by atoms with Gasteiger partial charge in [-0.25, -0.2) is 9.07 Å². The fraction of sp³-hybridized carbons (Fsp3) is 0.400. The molecule has 0 radical (unpaired) electrons. The van der Waals surface area contributed by atoms with Crippen molar-refractivity contribution in [2.75, 3.05) is 39.2 Å². The van der Waals surface area contributed by atoms with Gasteiger partial charge in [0.1, 0.15) is 41.6 Å². The molecule has 1 aliphatic heterocycles. The van der Waals surface area contributed by atoms with Crippen LogP contribution in [-0.2, 0) is 14.3 Å². The summed E-state index contributed by atoms with van der Waals surface area (Å²) in [6.07, 6.45) is -2.88. The fourth-order valence-electron chi connectivity index (χ4n) is 4.28. The van der Waals surface area contributed by atoms with E-state index in [1.807, 2.05) is 24.3 Å². The molecule has 0 saturated carbocycles. The normalized spacial score (nSPS) is 23.4. The van der Waals surface area contributed by atoms with E-state index in [1.54, 1.807) is 19.2 Å². The first-order chi connectivity index (χ1) is 17.9. The molecule has 4 N–H and O–H groups in total. The molecule has 37 heavy (non-hydrogen) atoms. The van der Waals surface area contributed by atoms with E-state index >= 15 is 0 Å². The summed E-state index contributed by atoms with van der Waals surface area (Å²) in [7, 11) is 2.98. The minimum absolute atomic E-state index is 0.283. The van der Waals surface area contributed by atoms with Crippen molar-refractivity contribution in [2.45, 2.75) is 30.5 Å². The van der Waals surface area contributed by atoms with Crippen LogP contribution < -0.4 is 15.4 Å². The van der Waals surface area contributed by atoms with Crippen molar-refractivity contribution in [3.63, 3.8) is 0 Å². The summed E-state index contributed by atoms with van der Waals surface area (Å²) in [6, 6.07) is 12.3. The molecule has 198 valence electrons. The topological polar surface area (TPSA) is 140 Å². The minimum Gasteiger partial charge on any atom is -0.497 e. The first-order valence-corrected chi connectivity index (χ1v) is 11.8. The molecule has 1 aromatic heterocycles. The predicted octanol–water partition coefficient (Wildman–Crippen LogP) is 0.998. The third kappa shape index (κ3) is 6.05. The number of aliphatic hydroxyl groups is 2. The van der Waals surface area contributed by atoms with Gasteiger partial charge in [-0.15, -0.1) is 5.10 Å². The van der Waals surface area contributed by atoms with E-state index in [4.69, 9.17) is 14.2 Å². The minimum atomic E-state index is -1.25. The lowest BCUT2D eigenvalue weighted by molar-refractivity contribution is -0.212. The van der Waals surface area contributed by atoms with Gasteiger partial charge in [0.25, 0.3) is 5.91 Å². The molecule has 4 rings (SSSR count). The second-order valence-electron chi connectivity index (χ2n) is 8.50. The Morgan fingerprint density at radius 2 is 1.97 bits per heavy atom. The molecule has 3 aromatic rings. The van der Waals surface area contributed by atoms with Gasteiger partial charge in [0.2, 0.25) is 0 Å². The summed E-state index contributed by atoms with van der Waals surface area (Å²) in [5.41, 5.74) is 1.74. The first kappa shape index (κ1) is 26.5. The second kappa shape index (κ2) is 12.1. The summed E-state index contributed by atoms with van der Waals surface area (Å²) in [5, 5.41) is 34.9. The molecule has 0 aliphatic carbocycles. The number of benzene rings is 2. The average Bonchev–Trinajstić information content (AvgIpc) is 3.41. The maximum absolute atomic E-state index is 13.7. The number of ether oxygens (including phenoxy) is 3. The summed E-state index contributed by atoms with van der Waals surface area (Å²) < 4.78 is 31.5. The highest BCUT2D eigenvalue weighted by atomic mass is 19.1. The zero-order chi connectivity index (χ0) is 26.4. The molecule has 0 spiro atoms. The highest BCUT2D eigenvalue weighted by Gasteiger charge is 2.49. The standard InChI is InChI=1S/C25H30FN5O6/c1-35-18-8-6-17(7-9-18)27-10-11-28-25(34)24-23(36-2)21(22(33)20(14-32)37-24)31-13-19(29-30-31)15-4-3-5-16(26)12-15/h3-9,12-13,20-24,27,32-33H,10-11,14H2,1-2H3,(H,28,34)/t20-,21+,22+,23-,24-/m1/s1. The van der Waals surface area contributed by atoms with E-state index in [9.17, 15) is 19.4 Å². The SMILES string of the molecule is COc1ccc(NCCNC(=O)[C@@H]2O[C@H](CO)[C@H](O)[C@H](n3cc(-c4cccc(F)c4)nn3)[C@H]2OC)cc1. The van der Waals surface area contributed by atoms with Crippen molar-refractivity contribution in [3.05, 3.63) is 60.5 Å². The van der Waals surface area contributed by atoms with Crippen molar-refractivity contribution in [2.24, 2.45) is 0 Å². The Kier molecular flexibility index (Phi) is 8.66. The number of carbonyl (C=O) groups excluding carboxylic acids is 1. The van der Waals surface area contributed by atoms with Crippen LogP contribution >= 0.6 is 0 Å². The largest absolute Gasteiger partial charge is 0.497 e. The molecule has 0 bridgehead atoms. The lowest BCUT2D eigenvalue weighted by Gasteiger charge is -2.42. The molecule has 2 aromatic carbocycles. The number of nitrogens with zero attached hydrogens (tertiary/aromatic N) is 3. The highest BCUT2D eigenvalue weighted by Crippen LogP contribution is 2.32. The lowest BCUT2D eigenvalue weighted by Crippen LogP contribution is -2.60. The van der Waals surface area contributed by atoms with E-state index in [1.165, 1.54) is 30.1 Å². The lowest BCUT2D eigenvalue weighted by atomic mass is 9.92. The summed E-state index contributed by atoms with van der Waals surface area (Å²) in [4.78, 5) is 13.1. The monoisotopic (exact) mass is 515 g/mol. The number of carbonyl (C=O) groups is 1. The van der Waals surface area contributed by atoms with Crippen molar-refractivity contribution in [1.29, 1.82) is 0 Å². The van der Waals surface area contributed by atoms with Crippen LogP contribution in [0.3, 0.4) is 0 Å². The van der Waals surface area contributed by atoms with Crippen LogP contribution in [0.1, 0.15) is 6.04 Å². The molecule has 1 aliphatic rings. The van der Waals surface area contributed by atoms with Gasteiger partial charge >= 0.3 is 0 Å². The molecule has 1 amide bonds. The maximum atomic E-state index is 13.7. The summed E-state index contributed by atoms with van der Waals surface area (Å²) in [5.74, 6) is -0.153. The van der Waals surface area contributed by atoms with Gasteiger partial charge in [0.15, 0.2) is 6.10 Å². The van der Waals surface area contributed by atoms with Crippen LogP contribution in [0, 0.1) is 5.82 Å². The zero-order valence-electron chi connectivity index (χ0n) is 20.5. The van der Waals surface area contributed by atoms with Crippen LogP contribution in [0.25, 0.3) is 11.3 Å². The number of aliphatic hydroxyl groups excluding tert-OH is 2. The molecular weight excluding hydrogens is 485 g/mol. The number of hydrogen-bond donors (Lipinski definition) is 4. The van der Waals surface area contributed by atoms with Crippen LogP contribution in [0.4, 0.5) is 10.1 Å². The van der Waals surface area contributed by atoms with Gasteiger partial charge in [-0.1, -0.05) is 17.3 Å². The van der Waals surface area contributed by atoms with E-state index < -0.39 is 48.8 Å². The number of rotatable bonds is 10. The number of nitrogens with one attached hydrogen (secondary N) is 2. The smallest absolute Gasteiger partial charge is 0.252 e. The Hall–Kier alpha value is -3.58. The van der Waals surface area contributed by atoms with Crippen LogP contribution in [0.2, 0.25) is 0 Å². The van der Waals surface area contributed by atoms with Crippen molar-refractivity contribution >= 4 is 11.6 Å². The van der Waals surface area contributed by atoms with E-state index in [0.717, 1.165) is 11.4 Å². The molecule has 1 saturated heterocycles.